The fourth-order valence-corrected chi connectivity index (χ4v) is 2.06. The third-order valence-corrected chi connectivity index (χ3v) is 2.75. The van der Waals surface area contributed by atoms with Crippen LogP contribution in [-0.2, 0) is 9.59 Å². The van der Waals surface area contributed by atoms with E-state index in [1.165, 1.54) is 0 Å². The van der Waals surface area contributed by atoms with Gasteiger partial charge in [0.05, 0.1) is 12.1 Å². The normalized spacial score (nSPS) is 18.5. The second-order valence-corrected chi connectivity index (χ2v) is 5.51. The Hall–Kier alpha value is -1.63. The predicted molar refractivity (Wildman–Crippen MR) is 68.2 cm³/mol. The predicted octanol–water partition coefficient (Wildman–Crippen LogP) is -0.548. The number of carbonyl (C=O) groups excluding carboxylic acids is 3. The van der Waals surface area contributed by atoms with Gasteiger partial charge in [0, 0.05) is 6.54 Å². The first kappa shape index (κ1) is 15.4. The molecule has 1 fully saturated rings. The van der Waals surface area contributed by atoms with Crippen LogP contribution in [0.15, 0.2) is 0 Å². The van der Waals surface area contributed by atoms with Crippen LogP contribution >= 0.6 is 0 Å². The molecule has 4 amide bonds. The van der Waals surface area contributed by atoms with E-state index in [2.05, 4.69) is 10.6 Å². The smallest absolute Gasteiger partial charge is 0.325 e. The first-order valence-corrected chi connectivity index (χ1v) is 6.28. The van der Waals surface area contributed by atoms with Crippen LogP contribution in [0.2, 0.25) is 0 Å². The third kappa shape index (κ3) is 4.86. The minimum absolute atomic E-state index is 0.0722. The van der Waals surface area contributed by atoms with Crippen molar-refractivity contribution in [2.24, 2.45) is 5.92 Å². The first-order valence-electron chi connectivity index (χ1n) is 6.28. The summed E-state index contributed by atoms with van der Waals surface area (Å²) in [7, 11) is 0. The maximum absolute atomic E-state index is 11.6. The van der Waals surface area contributed by atoms with Crippen molar-refractivity contribution < 1.29 is 19.5 Å². The lowest BCUT2D eigenvalue weighted by molar-refractivity contribution is -0.131. The molecule has 1 aliphatic heterocycles. The van der Waals surface area contributed by atoms with Crippen LogP contribution in [-0.4, -0.2) is 53.1 Å². The first-order chi connectivity index (χ1) is 8.71. The lowest BCUT2D eigenvalue weighted by Crippen LogP contribution is -2.46. The summed E-state index contributed by atoms with van der Waals surface area (Å²) in [5.74, 6) is -0.582. The van der Waals surface area contributed by atoms with Gasteiger partial charge in [0.1, 0.15) is 6.54 Å². The van der Waals surface area contributed by atoms with Crippen LogP contribution in [0.3, 0.4) is 0 Å². The Morgan fingerprint density at radius 2 is 2.16 bits per heavy atom. The highest BCUT2D eigenvalue weighted by molar-refractivity contribution is 6.04. The largest absolute Gasteiger partial charge is 0.388 e. The van der Waals surface area contributed by atoms with Crippen LogP contribution in [0, 0.1) is 5.92 Å². The van der Waals surface area contributed by atoms with Gasteiger partial charge in [-0.15, -0.1) is 0 Å². The van der Waals surface area contributed by atoms with Crippen molar-refractivity contribution in [3.63, 3.8) is 0 Å². The van der Waals surface area contributed by atoms with Gasteiger partial charge >= 0.3 is 6.03 Å². The van der Waals surface area contributed by atoms with Gasteiger partial charge in [0.25, 0.3) is 5.91 Å². The molecule has 7 heteroatoms. The van der Waals surface area contributed by atoms with E-state index in [1.54, 1.807) is 6.92 Å². The molecule has 0 aliphatic carbocycles. The number of hydrogen-bond donors (Lipinski definition) is 3. The van der Waals surface area contributed by atoms with Crippen molar-refractivity contribution in [3.8, 4) is 0 Å². The average molecular weight is 271 g/mol. The van der Waals surface area contributed by atoms with Crippen molar-refractivity contribution >= 4 is 17.8 Å². The van der Waals surface area contributed by atoms with Crippen LogP contribution in [0.1, 0.15) is 27.2 Å². The molecule has 1 rings (SSSR count). The molecule has 0 bridgehead atoms. The molecular formula is C12H21N3O4. The lowest BCUT2D eigenvalue weighted by Gasteiger charge is -2.25. The molecule has 19 heavy (non-hydrogen) atoms. The summed E-state index contributed by atoms with van der Waals surface area (Å²) in [6, 6.07) is -0.561. The average Bonchev–Trinajstić information content (AvgIpc) is 2.57. The van der Waals surface area contributed by atoms with E-state index in [4.69, 9.17) is 0 Å². The molecule has 0 saturated carbocycles. The van der Waals surface area contributed by atoms with Gasteiger partial charge in [0.15, 0.2) is 0 Å². The van der Waals surface area contributed by atoms with E-state index in [0.717, 1.165) is 4.90 Å². The number of hydrogen-bond acceptors (Lipinski definition) is 4. The van der Waals surface area contributed by atoms with Crippen molar-refractivity contribution in [3.05, 3.63) is 0 Å². The van der Waals surface area contributed by atoms with E-state index in [-0.39, 0.29) is 19.6 Å². The molecule has 0 spiro atoms. The number of imide groups is 1. The summed E-state index contributed by atoms with van der Waals surface area (Å²) in [6.07, 6.45) is 0.552. The van der Waals surface area contributed by atoms with Crippen molar-refractivity contribution in [1.82, 2.24) is 15.5 Å². The number of rotatable bonds is 6. The molecule has 0 aromatic rings. The Bertz CT molecular complexity index is 363. The molecule has 0 aromatic heterocycles. The molecule has 1 heterocycles. The Kier molecular flexibility index (Phi) is 4.88. The van der Waals surface area contributed by atoms with Crippen LogP contribution in [0.25, 0.3) is 0 Å². The van der Waals surface area contributed by atoms with E-state index in [9.17, 15) is 19.5 Å². The number of aliphatic hydroxyl groups is 1. The minimum atomic E-state index is -0.999. The Balaban J connectivity index is 2.39. The molecule has 3 N–H and O–H groups in total. The Morgan fingerprint density at radius 3 is 2.63 bits per heavy atom. The zero-order valence-corrected chi connectivity index (χ0v) is 11.5. The number of nitrogens with zero attached hydrogens (tertiary/aromatic N) is 1. The monoisotopic (exact) mass is 271 g/mol. The molecule has 1 aliphatic rings. The van der Waals surface area contributed by atoms with Crippen molar-refractivity contribution in [2.75, 3.05) is 19.6 Å². The maximum Gasteiger partial charge on any atom is 0.325 e. The molecule has 1 unspecified atom stereocenters. The molecular weight excluding hydrogens is 250 g/mol. The van der Waals surface area contributed by atoms with Gasteiger partial charge < -0.3 is 15.7 Å². The maximum atomic E-state index is 11.6. The lowest BCUT2D eigenvalue weighted by atomic mass is 9.94. The second kappa shape index (κ2) is 6.01. The molecule has 108 valence electrons. The van der Waals surface area contributed by atoms with E-state index in [1.807, 2.05) is 13.8 Å². The van der Waals surface area contributed by atoms with Crippen molar-refractivity contribution in [1.29, 1.82) is 0 Å². The van der Waals surface area contributed by atoms with Gasteiger partial charge in [-0.3, -0.25) is 14.5 Å². The summed E-state index contributed by atoms with van der Waals surface area (Å²) in [5, 5.41) is 14.9. The Labute approximate surface area is 112 Å². The third-order valence-electron chi connectivity index (χ3n) is 2.75. The number of amides is 4. The van der Waals surface area contributed by atoms with Gasteiger partial charge in [0.2, 0.25) is 5.91 Å². The van der Waals surface area contributed by atoms with Gasteiger partial charge in [-0.1, -0.05) is 13.8 Å². The van der Waals surface area contributed by atoms with Crippen molar-refractivity contribution in [2.45, 2.75) is 32.8 Å². The minimum Gasteiger partial charge on any atom is -0.388 e. The highest BCUT2D eigenvalue weighted by atomic mass is 16.3. The summed E-state index contributed by atoms with van der Waals surface area (Å²) in [5.41, 5.74) is -0.999. The van der Waals surface area contributed by atoms with E-state index in [0.29, 0.717) is 12.3 Å². The standard InChI is InChI=1S/C12H21N3O4/c1-8(2)4-12(3,19)7-14-9(16)6-15-10(17)5-13-11(15)18/h8,19H,4-7H2,1-3H3,(H,13,18)(H,14,16). The fourth-order valence-electron chi connectivity index (χ4n) is 2.06. The second-order valence-electron chi connectivity index (χ2n) is 5.51. The summed E-state index contributed by atoms with van der Waals surface area (Å²) in [4.78, 5) is 35.0. The summed E-state index contributed by atoms with van der Waals surface area (Å²) < 4.78 is 0. The van der Waals surface area contributed by atoms with Gasteiger partial charge in [-0.25, -0.2) is 4.79 Å². The van der Waals surface area contributed by atoms with E-state index < -0.39 is 23.4 Å². The number of nitrogens with one attached hydrogen (secondary N) is 2. The van der Waals surface area contributed by atoms with Gasteiger partial charge in [-0.2, -0.15) is 0 Å². The zero-order chi connectivity index (χ0) is 14.6. The van der Waals surface area contributed by atoms with Gasteiger partial charge in [-0.05, 0) is 19.3 Å². The fraction of sp³-hybridized carbons (Fsp3) is 0.750. The van der Waals surface area contributed by atoms with Crippen LogP contribution in [0.5, 0.6) is 0 Å². The molecule has 1 saturated heterocycles. The van der Waals surface area contributed by atoms with Crippen LogP contribution in [0.4, 0.5) is 4.79 Å². The highest BCUT2D eigenvalue weighted by Gasteiger charge is 2.30. The summed E-state index contributed by atoms with van der Waals surface area (Å²) in [6.45, 7) is 5.29. The SMILES string of the molecule is CC(C)CC(C)(O)CNC(=O)CN1C(=O)CNC1=O. The quantitative estimate of drug-likeness (QED) is 0.565. The van der Waals surface area contributed by atoms with E-state index >= 15 is 0 Å². The number of urea groups is 1. The van der Waals surface area contributed by atoms with Crippen LogP contribution < -0.4 is 10.6 Å². The molecule has 0 aromatic carbocycles. The highest BCUT2D eigenvalue weighted by Crippen LogP contribution is 2.14. The Morgan fingerprint density at radius 1 is 1.53 bits per heavy atom. The molecule has 0 radical (unpaired) electrons. The molecule has 7 nitrogen and oxygen atoms in total. The molecule has 1 atom stereocenters. The summed E-state index contributed by atoms with van der Waals surface area (Å²) >= 11 is 0. The number of carbonyl (C=O) groups is 3. The zero-order valence-electron chi connectivity index (χ0n) is 11.5. The topological polar surface area (TPSA) is 98.7 Å².